The third kappa shape index (κ3) is 4.81. The number of non-ortho nitro benzene ring substituents is 1. The first kappa shape index (κ1) is 20.8. The molecule has 0 bridgehead atoms. The van der Waals surface area contributed by atoms with Gasteiger partial charge >= 0.3 is 0 Å². The zero-order valence-corrected chi connectivity index (χ0v) is 17.5. The molecule has 4 rings (SSSR count). The van der Waals surface area contributed by atoms with Gasteiger partial charge in [-0.3, -0.25) is 10.1 Å². The van der Waals surface area contributed by atoms with Crippen LogP contribution in [0, 0.1) is 10.1 Å². The Morgan fingerprint density at radius 2 is 1.74 bits per heavy atom. The maximum atomic E-state index is 12.3. The van der Waals surface area contributed by atoms with Gasteiger partial charge in [0.15, 0.2) is 9.84 Å². The van der Waals surface area contributed by atoms with Gasteiger partial charge in [0.1, 0.15) is 0 Å². The van der Waals surface area contributed by atoms with E-state index in [9.17, 15) is 18.5 Å². The summed E-state index contributed by atoms with van der Waals surface area (Å²) in [6.45, 7) is 0. The van der Waals surface area contributed by atoms with Gasteiger partial charge in [0.05, 0.1) is 9.82 Å². The zero-order valence-electron chi connectivity index (χ0n) is 15.9. The molecule has 3 aromatic carbocycles. The van der Waals surface area contributed by atoms with E-state index < -0.39 is 14.8 Å². The van der Waals surface area contributed by atoms with Gasteiger partial charge in [-0.1, -0.05) is 48.2 Å². The number of hydrogen-bond acceptors (Lipinski definition) is 8. The summed E-state index contributed by atoms with van der Waals surface area (Å²) in [6.07, 6.45) is 1.46. The van der Waals surface area contributed by atoms with Crippen LogP contribution >= 0.6 is 11.8 Å². The summed E-state index contributed by atoms with van der Waals surface area (Å²) in [5, 5.41) is 22.3. The van der Waals surface area contributed by atoms with Crippen molar-refractivity contribution in [2.24, 2.45) is 0 Å². The molecule has 0 atom stereocenters. The minimum atomic E-state index is -3.70. The molecule has 0 spiro atoms. The number of hydrogen-bond donors (Lipinski definition) is 0. The summed E-state index contributed by atoms with van der Waals surface area (Å²) in [5.74, 6) is 0.682. The lowest BCUT2D eigenvalue weighted by Gasteiger charge is -1.99. The molecule has 1 aromatic heterocycles. The number of nitro benzene ring substituents is 1. The number of sulfone groups is 1. The molecule has 0 aliphatic heterocycles. The van der Waals surface area contributed by atoms with Crippen LogP contribution in [0.2, 0.25) is 0 Å². The Balaban J connectivity index is 1.40. The summed E-state index contributed by atoms with van der Waals surface area (Å²) < 4.78 is 30.3. The van der Waals surface area contributed by atoms with Crippen molar-refractivity contribution in [1.29, 1.82) is 0 Å². The standard InChI is InChI=1S/C21H15N3O5S2/c25-24(26)18-8-10-19(11-9-18)31(27,28)13-3-12-30-21-23-22-20(29-21)17-7-6-15-4-1-2-5-16(15)14-17/h1-11,13-14H,12H2/b13-3+. The van der Waals surface area contributed by atoms with Crippen molar-refractivity contribution in [3.05, 3.63) is 88.3 Å². The molecule has 0 N–H and O–H groups in total. The average molecular weight is 454 g/mol. The minimum absolute atomic E-state index is 0.0178. The number of nitrogens with zero attached hydrogens (tertiary/aromatic N) is 3. The van der Waals surface area contributed by atoms with Gasteiger partial charge < -0.3 is 4.42 Å². The monoisotopic (exact) mass is 453 g/mol. The highest BCUT2D eigenvalue weighted by atomic mass is 32.2. The molecule has 31 heavy (non-hydrogen) atoms. The summed E-state index contributed by atoms with van der Waals surface area (Å²) >= 11 is 1.20. The van der Waals surface area contributed by atoms with Gasteiger partial charge in [-0.05, 0) is 35.0 Å². The quantitative estimate of drug-likeness (QED) is 0.221. The van der Waals surface area contributed by atoms with Crippen molar-refractivity contribution in [2.75, 3.05) is 5.75 Å². The van der Waals surface area contributed by atoms with E-state index in [1.54, 1.807) is 0 Å². The predicted molar refractivity (Wildman–Crippen MR) is 117 cm³/mol. The fourth-order valence-electron chi connectivity index (χ4n) is 2.83. The topological polar surface area (TPSA) is 116 Å². The third-order valence-corrected chi connectivity index (χ3v) is 6.61. The summed E-state index contributed by atoms with van der Waals surface area (Å²) in [7, 11) is -3.70. The number of nitro groups is 1. The Bertz CT molecular complexity index is 1380. The van der Waals surface area contributed by atoms with Crippen molar-refractivity contribution in [3.8, 4) is 11.5 Å². The van der Waals surface area contributed by atoms with E-state index in [0.717, 1.165) is 33.9 Å². The van der Waals surface area contributed by atoms with Crippen LogP contribution in [0.5, 0.6) is 0 Å². The zero-order chi connectivity index (χ0) is 21.8. The third-order valence-electron chi connectivity index (χ3n) is 4.36. The first-order chi connectivity index (χ1) is 14.9. The lowest BCUT2D eigenvalue weighted by Crippen LogP contribution is -1.97. The molecule has 0 amide bonds. The van der Waals surface area contributed by atoms with Crippen LogP contribution in [-0.4, -0.2) is 29.3 Å². The molecule has 0 radical (unpaired) electrons. The summed E-state index contributed by atoms with van der Waals surface area (Å²) in [6, 6.07) is 18.5. The van der Waals surface area contributed by atoms with Crippen LogP contribution in [0.15, 0.2) is 92.7 Å². The second kappa shape index (κ2) is 8.70. The van der Waals surface area contributed by atoms with E-state index in [2.05, 4.69) is 10.2 Å². The number of thioether (sulfide) groups is 1. The maximum Gasteiger partial charge on any atom is 0.277 e. The SMILES string of the molecule is O=[N+]([O-])c1ccc(S(=O)(=O)/C=C/CSc2nnc(-c3ccc4ccccc4c3)o2)cc1. The fraction of sp³-hybridized carbons (Fsp3) is 0.0476. The van der Waals surface area contributed by atoms with Crippen LogP contribution in [0.4, 0.5) is 5.69 Å². The number of benzene rings is 3. The predicted octanol–water partition coefficient (Wildman–Crippen LogP) is 4.88. The smallest absolute Gasteiger partial charge is 0.277 e. The summed E-state index contributed by atoms with van der Waals surface area (Å²) in [4.78, 5) is 10.1. The molecule has 0 aliphatic rings. The molecule has 156 valence electrons. The molecule has 10 heteroatoms. The van der Waals surface area contributed by atoms with Gasteiger partial charge in [0.25, 0.3) is 10.9 Å². The molecule has 0 aliphatic carbocycles. The van der Waals surface area contributed by atoms with E-state index in [-0.39, 0.29) is 10.6 Å². The largest absolute Gasteiger partial charge is 0.411 e. The summed E-state index contributed by atoms with van der Waals surface area (Å²) in [5.41, 5.74) is 0.631. The van der Waals surface area contributed by atoms with Crippen molar-refractivity contribution in [2.45, 2.75) is 10.1 Å². The molecule has 4 aromatic rings. The van der Waals surface area contributed by atoms with Crippen LogP contribution in [0.3, 0.4) is 0 Å². The normalized spacial score (nSPS) is 11.9. The van der Waals surface area contributed by atoms with Gasteiger partial charge in [0, 0.05) is 28.9 Å². The lowest BCUT2D eigenvalue weighted by atomic mass is 10.1. The van der Waals surface area contributed by atoms with Crippen LogP contribution in [0.1, 0.15) is 0 Å². The number of fused-ring (bicyclic) bond motifs is 1. The Morgan fingerprint density at radius 1 is 1.00 bits per heavy atom. The van der Waals surface area contributed by atoms with Crippen LogP contribution in [-0.2, 0) is 9.84 Å². The Kier molecular flexibility index (Phi) is 5.83. The first-order valence-electron chi connectivity index (χ1n) is 9.04. The first-order valence-corrected chi connectivity index (χ1v) is 11.6. The maximum absolute atomic E-state index is 12.3. The lowest BCUT2D eigenvalue weighted by molar-refractivity contribution is -0.384. The molecule has 1 heterocycles. The minimum Gasteiger partial charge on any atom is -0.411 e. The van der Waals surface area contributed by atoms with E-state index in [0.29, 0.717) is 16.9 Å². The van der Waals surface area contributed by atoms with E-state index in [1.165, 1.54) is 30.0 Å². The van der Waals surface area contributed by atoms with Gasteiger partial charge in [-0.15, -0.1) is 10.2 Å². The molecular formula is C21H15N3O5S2. The highest BCUT2D eigenvalue weighted by molar-refractivity contribution is 7.99. The molecule has 0 saturated heterocycles. The van der Waals surface area contributed by atoms with Gasteiger partial charge in [0.2, 0.25) is 5.89 Å². The second-order valence-electron chi connectivity index (χ2n) is 6.41. The van der Waals surface area contributed by atoms with Gasteiger partial charge in [-0.25, -0.2) is 8.42 Å². The van der Waals surface area contributed by atoms with Crippen molar-refractivity contribution in [3.63, 3.8) is 0 Å². The Labute approximate surface area is 181 Å². The average Bonchev–Trinajstić information content (AvgIpc) is 3.25. The van der Waals surface area contributed by atoms with Crippen molar-refractivity contribution >= 4 is 38.1 Å². The van der Waals surface area contributed by atoms with Crippen molar-refractivity contribution in [1.82, 2.24) is 10.2 Å². The number of aromatic nitrogens is 2. The molecule has 0 unspecified atom stereocenters. The van der Waals surface area contributed by atoms with E-state index in [4.69, 9.17) is 4.42 Å². The molecule has 8 nitrogen and oxygen atoms in total. The Hall–Kier alpha value is -3.50. The van der Waals surface area contributed by atoms with Gasteiger partial charge in [-0.2, -0.15) is 0 Å². The number of rotatable bonds is 7. The van der Waals surface area contributed by atoms with E-state index in [1.807, 2.05) is 42.5 Å². The highest BCUT2D eigenvalue weighted by Crippen LogP contribution is 2.26. The molecular weight excluding hydrogens is 438 g/mol. The molecule has 0 saturated carbocycles. The van der Waals surface area contributed by atoms with Crippen LogP contribution < -0.4 is 0 Å². The van der Waals surface area contributed by atoms with E-state index >= 15 is 0 Å². The highest BCUT2D eigenvalue weighted by Gasteiger charge is 2.13. The Morgan fingerprint density at radius 3 is 2.48 bits per heavy atom. The molecule has 0 fully saturated rings. The fourth-order valence-corrected chi connectivity index (χ4v) is 4.54. The van der Waals surface area contributed by atoms with Crippen LogP contribution in [0.25, 0.3) is 22.2 Å². The van der Waals surface area contributed by atoms with Crippen molar-refractivity contribution < 1.29 is 17.8 Å². The second-order valence-corrected chi connectivity index (χ2v) is 9.22.